The number of piperidine rings is 1. The van der Waals surface area contributed by atoms with E-state index in [2.05, 4.69) is 27.3 Å². The van der Waals surface area contributed by atoms with Crippen LogP contribution in [0.15, 0.2) is 30.5 Å². The Morgan fingerprint density at radius 2 is 2.11 bits per heavy atom. The Kier molecular flexibility index (Phi) is 4.91. The molecule has 4 rings (SSSR count). The zero-order valence-electron chi connectivity index (χ0n) is 15.9. The fourth-order valence-corrected chi connectivity index (χ4v) is 3.90. The van der Waals surface area contributed by atoms with Gasteiger partial charge in [-0.3, -0.25) is 9.30 Å². The molecule has 1 aromatic carbocycles. The van der Waals surface area contributed by atoms with Crippen LogP contribution >= 0.6 is 0 Å². The summed E-state index contributed by atoms with van der Waals surface area (Å²) < 4.78 is 16.3. The van der Waals surface area contributed by atoms with E-state index in [0.717, 1.165) is 13.1 Å². The molecule has 0 unspecified atom stereocenters. The normalized spacial score (nSPS) is 20.6. The van der Waals surface area contributed by atoms with Crippen molar-refractivity contribution >= 4 is 11.5 Å². The van der Waals surface area contributed by atoms with Gasteiger partial charge in [-0.25, -0.2) is 4.39 Å². The van der Waals surface area contributed by atoms with E-state index < -0.39 is 11.9 Å². The standard InChI is InChI=1S/C20H24FN5O2/c1-3-25-10-13(9-14(27)11-25)22-20-24-23-19(16-5-4-6-26(16)20)18-15(21)7-12(2)8-17(18)28/h4-8,13-14,27-28H,3,9-11H2,1-2H3,(H,22,24)/t13-,14+/m1/s1. The second-order valence-electron chi connectivity index (χ2n) is 7.36. The molecule has 3 aromatic rings. The maximum atomic E-state index is 14.5. The molecule has 2 aromatic heterocycles. The van der Waals surface area contributed by atoms with Crippen molar-refractivity contribution in [3.63, 3.8) is 0 Å². The number of β-amino-alcohol motifs (C(OH)–C–C–N with tert-alkyl or cyclic N) is 1. The highest BCUT2D eigenvalue weighted by atomic mass is 19.1. The molecule has 1 saturated heterocycles. The number of fused-ring (bicyclic) bond motifs is 1. The van der Waals surface area contributed by atoms with Crippen molar-refractivity contribution in [2.45, 2.75) is 32.4 Å². The Balaban J connectivity index is 1.71. The third kappa shape index (κ3) is 3.41. The van der Waals surface area contributed by atoms with E-state index in [9.17, 15) is 14.6 Å². The van der Waals surface area contributed by atoms with E-state index in [1.54, 1.807) is 11.3 Å². The number of phenols is 1. The summed E-state index contributed by atoms with van der Waals surface area (Å²) in [5.74, 6) is -0.180. The van der Waals surface area contributed by atoms with E-state index in [4.69, 9.17) is 0 Å². The van der Waals surface area contributed by atoms with Gasteiger partial charge in [0.25, 0.3) is 0 Å². The van der Waals surface area contributed by atoms with Gasteiger partial charge in [0.1, 0.15) is 17.3 Å². The molecule has 0 aliphatic carbocycles. The van der Waals surface area contributed by atoms with Crippen LogP contribution in [-0.4, -0.2) is 61.5 Å². The van der Waals surface area contributed by atoms with Crippen molar-refractivity contribution < 1.29 is 14.6 Å². The lowest BCUT2D eigenvalue weighted by Gasteiger charge is -2.35. The van der Waals surface area contributed by atoms with E-state index in [-0.39, 0.29) is 23.0 Å². The highest BCUT2D eigenvalue weighted by molar-refractivity contribution is 5.81. The molecule has 3 N–H and O–H groups in total. The molecule has 0 amide bonds. The number of rotatable bonds is 4. The molecule has 8 heteroatoms. The molecule has 0 bridgehead atoms. The summed E-state index contributed by atoms with van der Waals surface area (Å²) >= 11 is 0. The molecular formula is C20H24FN5O2. The minimum Gasteiger partial charge on any atom is -0.507 e. The predicted molar refractivity (Wildman–Crippen MR) is 105 cm³/mol. The molecule has 0 spiro atoms. The number of nitrogens with zero attached hydrogens (tertiary/aromatic N) is 4. The molecule has 28 heavy (non-hydrogen) atoms. The fourth-order valence-electron chi connectivity index (χ4n) is 3.90. The first-order valence-corrected chi connectivity index (χ1v) is 9.46. The average Bonchev–Trinajstić information content (AvgIpc) is 3.12. The van der Waals surface area contributed by atoms with Gasteiger partial charge in [-0.15, -0.1) is 10.2 Å². The van der Waals surface area contributed by atoms with Crippen LogP contribution in [0, 0.1) is 12.7 Å². The van der Waals surface area contributed by atoms with Crippen molar-refractivity contribution in [1.82, 2.24) is 19.5 Å². The largest absolute Gasteiger partial charge is 0.507 e. The van der Waals surface area contributed by atoms with Crippen LogP contribution in [0.5, 0.6) is 5.75 Å². The second kappa shape index (κ2) is 7.37. The molecule has 1 fully saturated rings. The van der Waals surface area contributed by atoms with Crippen molar-refractivity contribution in [3.8, 4) is 17.0 Å². The monoisotopic (exact) mass is 385 g/mol. The number of aromatic nitrogens is 3. The predicted octanol–water partition coefficient (Wildman–Crippen LogP) is 2.42. The minimum absolute atomic E-state index is 0.0268. The number of benzene rings is 1. The number of aromatic hydroxyl groups is 1. The lowest BCUT2D eigenvalue weighted by atomic mass is 10.0. The van der Waals surface area contributed by atoms with Crippen LogP contribution in [0.25, 0.3) is 16.8 Å². The number of nitrogens with one attached hydrogen (secondary N) is 1. The van der Waals surface area contributed by atoms with Crippen LogP contribution < -0.4 is 5.32 Å². The Hall–Kier alpha value is -2.71. The highest BCUT2D eigenvalue weighted by Gasteiger charge is 2.26. The number of likely N-dealkylation sites (N-methyl/N-ethyl adjacent to an activating group) is 1. The van der Waals surface area contributed by atoms with Gasteiger partial charge >= 0.3 is 0 Å². The molecule has 2 atom stereocenters. The van der Waals surface area contributed by atoms with Crippen LogP contribution in [-0.2, 0) is 0 Å². The molecule has 3 heterocycles. The molecule has 0 saturated carbocycles. The fraction of sp³-hybridized carbons (Fsp3) is 0.400. The van der Waals surface area contributed by atoms with E-state index in [0.29, 0.717) is 30.0 Å². The summed E-state index contributed by atoms with van der Waals surface area (Å²) in [7, 11) is 0. The van der Waals surface area contributed by atoms with Gasteiger partial charge in [0, 0.05) is 25.3 Å². The summed E-state index contributed by atoms with van der Waals surface area (Å²) in [6.45, 7) is 6.12. The maximum absolute atomic E-state index is 14.5. The van der Waals surface area contributed by atoms with Gasteiger partial charge < -0.3 is 15.5 Å². The number of halogens is 1. The first-order valence-electron chi connectivity index (χ1n) is 9.46. The molecule has 1 aliphatic rings. The Morgan fingerprint density at radius 1 is 1.29 bits per heavy atom. The number of aliphatic hydroxyl groups is 1. The second-order valence-corrected chi connectivity index (χ2v) is 7.36. The van der Waals surface area contributed by atoms with Gasteiger partial charge in [0.15, 0.2) is 0 Å². The molecule has 7 nitrogen and oxygen atoms in total. The third-order valence-electron chi connectivity index (χ3n) is 5.20. The molecule has 1 aliphatic heterocycles. The SMILES string of the molecule is CCN1C[C@@H](O)C[C@@H](Nc2nnc(-c3c(O)cc(C)cc3F)c3cccn23)C1. The topological polar surface area (TPSA) is 85.9 Å². The van der Waals surface area contributed by atoms with Crippen molar-refractivity contribution in [1.29, 1.82) is 0 Å². The first kappa shape index (κ1) is 18.6. The number of anilines is 1. The Labute approximate surface area is 162 Å². The van der Waals surface area contributed by atoms with Crippen LogP contribution in [0.2, 0.25) is 0 Å². The summed E-state index contributed by atoms with van der Waals surface area (Å²) in [6, 6.07) is 6.53. The Morgan fingerprint density at radius 3 is 2.86 bits per heavy atom. The zero-order valence-corrected chi connectivity index (χ0v) is 15.9. The Bertz CT molecular complexity index is 982. The number of likely N-dealkylation sites (tertiary alicyclic amines) is 1. The minimum atomic E-state index is -0.537. The van der Waals surface area contributed by atoms with Gasteiger partial charge in [-0.2, -0.15) is 0 Å². The quantitative estimate of drug-likeness (QED) is 0.640. The molecular weight excluding hydrogens is 361 g/mol. The van der Waals surface area contributed by atoms with Gasteiger partial charge in [-0.1, -0.05) is 6.92 Å². The molecule has 148 valence electrons. The number of aryl methyl sites for hydroxylation is 1. The number of aliphatic hydroxyl groups excluding tert-OH is 1. The summed E-state index contributed by atoms with van der Waals surface area (Å²) in [6.07, 6.45) is 2.04. The third-order valence-corrected chi connectivity index (χ3v) is 5.20. The van der Waals surface area contributed by atoms with Gasteiger partial charge in [0.05, 0.1) is 17.2 Å². The van der Waals surface area contributed by atoms with Gasteiger partial charge in [0.2, 0.25) is 5.95 Å². The lowest BCUT2D eigenvalue weighted by Crippen LogP contribution is -2.48. The summed E-state index contributed by atoms with van der Waals surface area (Å²) in [5, 5.41) is 32.2. The number of phenolic OH excluding ortho intramolecular Hbond substituents is 1. The van der Waals surface area contributed by atoms with Crippen LogP contribution in [0.4, 0.5) is 10.3 Å². The van der Waals surface area contributed by atoms with E-state index >= 15 is 0 Å². The lowest BCUT2D eigenvalue weighted by molar-refractivity contribution is 0.0670. The molecule has 0 radical (unpaired) electrons. The van der Waals surface area contributed by atoms with Crippen molar-refractivity contribution in [2.24, 2.45) is 0 Å². The maximum Gasteiger partial charge on any atom is 0.228 e. The van der Waals surface area contributed by atoms with E-state index in [1.807, 2.05) is 18.3 Å². The number of hydrogen-bond donors (Lipinski definition) is 3. The highest BCUT2D eigenvalue weighted by Crippen LogP contribution is 2.34. The zero-order chi connectivity index (χ0) is 19.8. The smallest absolute Gasteiger partial charge is 0.228 e. The number of hydrogen-bond acceptors (Lipinski definition) is 6. The summed E-state index contributed by atoms with van der Waals surface area (Å²) in [5.41, 5.74) is 1.59. The van der Waals surface area contributed by atoms with Crippen molar-refractivity contribution in [2.75, 3.05) is 25.0 Å². The summed E-state index contributed by atoms with van der Waals surface area (Å²) in [4.78, 5) is 2.18. The average molecular weight is 385 g/mol. The first-order chi connectivity index (χ1) is 13.5. The van der Waals surface area contributed by atoms with Crippen LogP contribution in [0.3, 0.4) is 0 Å². The van der Waals surface area contributed by atoms with Crippen molar-refractivity contribution in [3.05, 3.63) is 41.8 Å². The van der Waals surface area contributed by atoms with Crippen LogP contribution in [0.1, 0.15) is 18.9 Å². The van der Waals surface area contributed by atoms with E-state index in [1.165, 1.54) is 12.1 Å². The van der Waals surface area contributed by atoms with Gasteiger partial charge in [-0.05, 0) is 49.7 Å².